The fourth-order valence-electron chi connectivity index (χ4n) is 4.50. The Hall–Kier alpha value is -4.07. The lowest BCUT2D eigenvalue weighted by atomic mass is 10.1. The van der Waals surface area contributed by atoms with Crippen LogP contribution in [0.3, 0.4) is 0 Å². The monoisotopic (exact) mass is 604 g/mol. The minimum Gasteiger partial charge on any atom is -0.494 e. The van der Waals surface area contributed by atoms with Crippen LogP contribution in [-0.4, -0.2) is 24.6 Å². The molecule has 0 unspecified atom stereocenters. The highest BCUT2D eigenvalue weighted by molar-refractivity contribution is 5.92. The summed E-state index contributed by atoms with van der Waals surface area (Å²) in [6.45, 7) is 6.88. The van der Waals surface area contributed by atoms with E-state index < -0.39 is 17.8 Å². The number of rotatable bonds is 19. The van der Waals surface area contributed by atoms with Gasteiger partial charge in [0.05, 0.1) is 35.2 Å². The van der Waals surface area contributed by atoms with Gasteiger partial charge in [0.2, 0.25) is 0 Å². The number of ether oxygens (including phenoxy) is 3. The van der Waals surface area contributed by atoms with Gasteiger partial charge in [0, 0.05) is 0 Å². The lowest BCUT2D eigenvalue weighted by molar-refractivity contribution is 0.0319. The molecule has 7 nitrogen and oxygen atoms in total. The summed E-state index contributed by atoms with van der Waals surface area (Å²) in [6, 6.07) is 17.4. The van der Waals surface area contributed by atoms with Crippen LogP contribution in [0.15, 0.2) is 77.0 Å². The second kappa shape index (κ2) is 19.3. The van der Waals surface area contributed by atoms with Crippen LogP contribution in [0.2, 0.25) is 0 Å². The molecule has 0 fully saturated rings. The highest BCUT2D eigenvalue weighted by Gasteiger charge is 2.17. The Labute approximate surface area is 260 Å². The van der Waals surface area contributed by atoms with Gasteiger partial charge in [-0.2, -0.15) is 10.2 Å². The third-order valence-electron chi connectivity index (χ3n) is 7.13. The standard InChI is InChI=1S/C36H45FN2O5/c1-4-6-8-10-11-13-25-42-32-22-20-31(21-23-32)39-38-30-18-15-28(16-19-30)35(40)44-34-24-17-29(26-33(34)37)36(41)43-27(3)14-12-9-7-5-2/h15-24,26-27H,4-14,25H2,1-3H3/t27-/m0/s1. The van der Waals surface area contributed by atoms with Crippen molar-refractivity contribution in [2.75, 3.05) is 6.61 Å². The highest BCUT2D eigenvalue weighted by Crippen LogP contribution is 2.24. The molecule has 0 amide bonds. The van der Waals surface area contributed by atoms with Crippen molar-refractivity contribution in [3.63, 3.8) is 0 Å². The van der Waals surface area contributed by atoms with Gasteiger partial charge in [0.25, 0.3) is 0 Å². The average molecular weight is 605 g/mol. The van der Waals surface area contributed by atoms with Crippen molar-refractivity contribution >= 4 is 23.3 Å². The van der Waals surface area contributed by atoms with Crippen molar-refractivity contribution in [2.45, 2.75) is 97.5 Å². The quantitative estimate of drug-likeness (QED) is 0.0588. The Morgan fingerprint density at radius 3 is 1.91 bits per heavy atom. The molecule has 0 radical (unpaired) electrons. The molecule has 236 valence electrons. The molecule has 0 aliphatic carbocycles. The maximum absolute atomic E-state index is 14.7. The van der Waals surface area contributed by atoms with Gasteiger partial charge in [-0.1, -0.05) is 65.2 Å². The SMILES string of the molecule is CCCCCCCCOc1ccc(N=Nc2ccc(C(=O)Oc3ccc(C(=O)O[C@@H](C)CCCCCC)cc3F)cc2)cc1. The fraction of sp³-hybridized carbons (Fsp3) is 0.444. The molecular formula is C36H45FN2O5. The van der Waals surface area contributed by atoms with E-state index >= 15 is 0 Å². The molecule has 8 heteroatoms. The van der Waals surface area contributed by atoms with E-state index in [1.54, 1.807) is 12.1 Å². The second-order valence-electron chi connectivity index (χ2n) is 11.0. The molecule has 1 atom stereocenters. The van der Waals surface area contributed by atoms with Crippen LogP contribution in [0, 0.1) is 5.82 Å². The molecule has 0 saturated heterocycles. The summed E-state index contributed by atoms with van der Waals surface area (Å²) >= 11 is 0. The number of esters is 2. The number of halogens is 1. The van der Waals surface area contributed by atoms with Gasteiger partial charge in [-0.3, -0.25) is 0 Å². The number of azo groups is 1. The molecule has 0 aliphatic rings. The molecule has 0 aromatic heterocycles. The first kappa shape index (κ1) is 34.4. The average Bonchev–Trinajstić information content (AvgIpc) is 3.03. The number of carbonyl (C=O) groups excluding carboxylic acids is 2. The normalized spacial score (nSPS) is 11.8. The van der Waals surface area contributed by atoms with Gasteiger partial charge in [0.15, 0.2) is 11.6 Å². The summed E-state index contributed by atoms with van der Waals surface area (Å²) < 4.78 is 31.1. The van der Waals surface area contributed by atoms with Crippen molar-refractivity contribution < 1.29 is 28.2 Å². The summed E-state index contributed by atoms with van der Waals surface area (Å²) in [5.74, 6) is -1.65. The molecule has 3 aromatic carbocycles. The van der Waals surface area contributed by atoms with Crippen molar-refractivity contribution in [1.29, 1.82) is 0 Å². The van der Waals surface area contributed by atoms with Crippen molar-refractivity contribution in [1.82, 2.24) is 0 Å². The van der Waals surface area contributed by atoms with E-state index in [0.717, 1.165) is 50.3 Å². The van der Waals surface area contributed by atoms with Crippen LogP contribution >= 0.6 is 0 Å². The number of unbranched alkanes of at least 4 members (excludes halogenated alkanes) is 8. The topological polar surface area (TPSA) is 86.5 Å². The molecule has 0 aliphatic heterocycles. The fourth-order valence-corrected chi connectivity index (χ4v) is 4.50. The summed E-state index contributed by atoms with van der Waals surface area (Å²) in [6.07, 6.45) is 12.1. The van der Waals surface area contributed by atoms with Crippen LogP contribution in [0.4, 0.5) is 15.8 Å². The van der Waals surface area contributed by atoms with E-state index in [-0.39, 0.29) is 23.0 Å². The maximum Gasteiger partial charge on any atom is 0.343 e. The van der Waals surface area contributed by atoms with Crippen LogP contribution in [0.25, 0.3) is 0 Å². The van der Waals surface area contributed by atoms with Crippen LogP contribution in [-0.2, 0) is 4.74 Å². The van der Waals surface area contributed by atoms with E-state index in [2.05, 4.69) is 24.1 Å². The van der Waals surface area contributed by atoms with Gasteiger partial charge in [-0.05, 0) is 92.9 Å². The van der Waals surface area contributed by atoms with Gasteiger partial charge in [-0.15, -0.1) is 0 Å². The Bertz CT molecular complexity index is 1330. The lowest BCUT2D eigenvalue weighted by Gasteiger charge is -2.13. The Morgan fingerprint density at radius 2 is 1.27 bits per heavy atom. The van der Waals surface area contributed by atoms with E-state index in [1.807, 2.05) is 31.2 Å². The highest BCUT2D eigenvalue weighted by atomic mass is 19.1. The minimum atomic E-state index is -0.826. The van der Waals surface area contributed by atoms with Crippen molar-refractivity contribution in [2.24, 2.45) is 10.2 Å². The Balaban J connectivity index is 1.45. The predicted octanol–water partition coefficient (Wildman–Crippen LogP) is 10.7. The molecule has 0 spiro atoms. The van der Waals surface area contributed by atoms with Gasteiger partial charge < -0.3 is 14.2 Å². The largest absolute Gasteiger partial charge is 0.494 e. The van der Waals surface area contributed by atoms with Crippen molar-refractivity contribution in [3.05, 3.63) is 83.7 Å². The maximum atomic E-state index is 14.7. The molecular weight excluding hydrogens is 559 g/mol. The van der Waals surface area contributed by atoms with E-state index in [9.17, 15) is 14.0 Å². The Morgan fingerprint density at radius 1 is 0.705 bits per heavy atom. The Kier molecular flexibility index (Phi) is 15.1. The molecule has 0 heterocycles. The zero-order valence-electron chi connectivity index (χ0n) is 26.2. The number of carbonyl (C=O) groups is 2. The van der Waals surface area contributed by atoms with Crippen molar-refractivity contribution in [3.8, 4) is 11.5 Å². The van der Waals surface area contributed by atoms with Gasteiger partial charge in [0.1, 0.15) is 5.75 Å². The zero-order valence-corrected chi connectivity index (χ0v) is 26.2. The lowest BCUT2D eigenvalue weighted by Crippen LogP contribution is -2.15. The first-order chi connectivity index (χ1) is 21.4. The zero-order chi connectivity index (χ0) is 31.6. The van der Waals surface area contributed by atoms with Crippen LogP contribution < -0.4 is 9.47 Å². The summed E-state index contributed by atoms with van der Waals surface area (Å²) in [5.41, 5.74) is 1.49. The molecule has 3 aromatic rings. The first-order valence-corrected chi connectivity index (χ1v) is 15.9. The van der Waals surface area contributed by atoms with Crippen LogP contribution in [0.5, 0.6) is 11.5 Å². The van der Waals surface area contributed by atoms with Gasteiger partial charge in [-0.25, -0.2) is 14.0 Å². The van der Waals surface area contributed by atoms with Crippen LogP contribution in [0.1, 0.15) is 112 Å². The summed E-state index contributed by atoms with van der Waals surface area (Å²) in [4.78, 5) is 25.0. The van der Waals surface area contributed by atoms with E-state index in [4.69, 9.17) is 14.2 Å². The third kappa shape index (κ3) is 12.3. The molecule has 0 N–H and O–H groups in total. The van der Waals surface area contributed by atoms with E-state index in [0.29, 0.717) is 18.0 Å². The summed E-state index contributed by atoms with van der Waals surface area (Å²) in [7, 11) is 0. The molecule has 0 saturated carbocycles. The first-order valence-electron chi connectivity index (χ1n) is 15.9. The third-order valence-corrected chi connectivity index (χ3v) is 7.13. The van der Waals surface area contributed by atoms with E-state index in [1.165, 1.54) is 56.4 Å². The number of nitrogens with zero attached hydrogens (tertiary/aromatic N) is 2. The number of hydrogen-bond acceptors (Lipinski definition) is 7. The summed E-state index contributed by atoms with van der Waals surface area (Å²) in [5, 5.41) is 8.45. The smallest absolute Gasteiger partial charge is 0.343 e. The molecule has 44 heavy (non-hydrogen) atoms. The van der Waals surface area contributed by atoms with Gasteiger partial charge >= 0.3 is 11.9 Å². The number of hydrogen-bond donors (Lipinski definition) is 0. The second-order valence-corrected chi connectivity index (χ2v) is 11.0. The predicted molar refractivity (Wildman–Crippen MR) is 171 cm³/mol. The molecule has 3 rings (SSSR count). The molecule has 0 bridgehead atoms. The minimum absolute atomic E-state index is 0.0627. The number of benzene rings is 3.